The molecule has 0 aromatic carbocycles. The molecule has 0 radical (unpaired) electrons. The lowest BCUT2D eigenvalue weighted by Crippen LogP contribution is -2.06. The van der Waals surface area contributed by atoms with Crippen LogP contribution in [0.2, 0.25) is 0 Å². The molecule has 1 atom stereocenters. The molecule has 0 aliphatic carbocycles. The molecule has 0 fully saturated rings. The van der Waals surface area contributed by atoms with Gasteiger partial charge >= 0.3 is 0 Å². The number of aliphatic hydroxyl groups is 1. The zero-order valence-electron chi connectivity index (χ0n) is 10.2. The number of aromatic nitrogens is 1. The Morgan fingerprint density at radius 2 is 1.94 bits per heavy atom. The lowest BCUT2D eigenvalue weighted by Gasteiger charge is -2.13. The summed E-state index contributed by atoms with van der Waals surface area (Å²) in [6, 6.07) is 3.89. The smallest absolute Gasteiger partial charge is 0.129 e. The van der Waals surface area contributed by atoms with E-state index in [2.05, 4.69) is 4.98 Å². The van der Waals surface area contributed by atoms with Crippen LogP contribution in [-0.2, 0) is 0 Å². The van der Waals surface area contributed by atoms with Gasteiger partial charge in [0.25, 0.3) is 0 Å². The van der Waals surface area contributed by atoms with Crippen LogP contribution >= 0.6 is 11.3 Å². The summed E-state index contributed by atoms with van der Waals surface area (Å²) < 4.78 is 0. The predicted molar refractivity (Wildman–Crippen MR) is 71.2 cm³/mol. The Bertz CT molecular complexity index is 548. The van der Waals surface area contributed by atoms with Gasteiger partial charge in [0.15, 0.2) is 0 Å². The monoisotopic (exact) mass is 248 g/mol. The van der Waals surface area contributed by atoms with Crippen molar-refractivity contribution in [3.63, 3.8) is 0 Å². The Hall–Kier alpha value is -1.39. The molecule has 0 spiro atoms. The van der Waals surface area contributed by atoms with Gasteiger partial charge in [-0.25, -0.2) is 4.98 Å². The van der Waals surface area contributed by atoms with E-state index < -0.39 is 6.10 Å². The predicted octanol–water partition coefficient (Wildman–Crippen LogP) is 2.73. The molecule has 2 aromatic heterocycles. The summed E-state index contributed by atoms with van der Waals surface area (Å²) in [5.41, 5.74) is 8.42. The van der Waals surface area contributed by atoms with E-state index >= 15 is 0 Å². The number of pyridine rings is 1. The van der Waals surface area contributed by atoms with Gasteiger partial charge in [0.05, 0.1) is 0 Å². The second-order valence-corrected chi connectivity index (χ2v) is 5.72. The quantitative estimate of drug-likeness (QED) is 0.859. The number of rotatable bonds is 2. The number of aryl methyl sites for hydroxylation is 3. The maximum Gasteiger partial charge on any atom is 0.129 e. The molecule has 3 N–H and O–H groups in total. The standard InChI is InChI=1S/C13H16N2OS/c1-7-4-11(13(14)15-6-7)12(16)10-5-8(2)17-9(10)3/h4-6,12,16H,1-3H3,(H2,14,15). The molecule has 4 heteroatoms. The number of thiophene rings is 1. The Labute approximate surface area is 105 Å². The average molecular weight is 248 g/mol. The molecule has 3 nitrogen and oxygen atoms in total. The highest BCUT2D eigenvalue weighted by molar-refractivity contribution is 7.12. The molecule has 0 amide bonds. The summed E-state index contributed by atoms with van der Waals surface area (Å²) in [6.45, 7) is 5.98. The van der Waals surface area contributed by atoms with Gasteiger partial charge in [-0.05, 0) is 44.0 Å². The first-order valence-corrected chi connectivity index (χ1v) is 6.27. The highest BCUT2D eigenvalue weighted by atomic mass is 32.1. The molecule has 90 valence electrons. The van der Waals surface area contributed by atoms with Crippen molar-refractivity contribution in [3.05, 3.63) is 44.8 Å². The van der Waals surface area contributed by atoms with Crippen molar-refractivity contribution in [2.24, 2.45) is 0 Å². The third-order valence-corrected chi connectivity index (χ3v) is 3.74. The molecule has 0 bridgehead atoms. The van der Waals surface area contributed by atoms with Crippen LogP contribution in [0.25, 0.3) is 0 Å². The average Bonchev–Trinajstić information content (AvgIpc) is 2.60. The fraction of sp³-hybridized carbons (Fsp3) is 0.308. The van der Waals surface area contributed by atoms with Gasteiger partial charge in [0.2, 0.25) is 0 Å². The first-order valence-electron chi connectivity index (χ1n) is 5.46. The summed E-state index contributed by atoms with van der Waals surface area (Å²) in [4.78, 5) is 6.39. The third kappa shape index (κ3) is 2.33. The summed E-state index contributed by atoms with van der Waals surface area (Å²) in [7, 11) is 0. The van der Waals surface area contributed by atoms with Crippen molar-refractivity contribution in [2.45, 2.75) is 26.9 Å². The molecule has 0 aliphatic rings. The Kier molecular flexibility index (Phi) is 3.17. The number of aliphatic hydroxyl groups excluding tert-OH is 1. The number of nitrogen functional groups attached to an aromatic ring is 1. The molecule has 0 saturated heterocycles. The molecule has 1 unspecified atom stereocenters. The van der Waals surface area contributed by atoms with Crippen LogP contribution in [0.4, 0.5) is 5.82 Å². The van der Waals surface area contributed by atoms with Crippen LogP contribution < -0.4 is 5.73 Å². The Morgan fingerprint density at radius 3 is 2.53 bits per heavy atom. The second kappa shape index (κ2) is 4.47. The molecular formula is C13H16N2OS. The molecular weight excluding hydrogens is 232 g/mol. The minimum atomic E-state index is -0.688. The molecule has 0 saturated carbocycles. The second-order valence-electron chi connectivity index (χ2n) is 4.26. The van der Waals surface area contributed by atoms with E-state index in [9.17, 15) is 5.11 Å². The largest absolute Gasteiger partial charge is 0.383 e. The first kappa shape index (κ1) is 12.1. The molecule has 2 heterocycles. The Balaban J connectivity index is 2.46. The normalized spacial score (nSPS) is 12.7. The minimum Gasteiger partial charge on any atom is -0.383 e. The topological polar surface area (TPSA) is 59.1 Å². The maximum absolute atomic E-state index is 10.4. The molecule has 2 rings (SSSR count). The van der Waals surface area contributed by atoms with E-state index in [0.29, 0.717) is 11.4 Å². The molecule has 17 heavy (non-hydrogen) atoms. The van der Waals surface area contributed by atoms with Crippen LogP contribution in [0, 0.1) is 20.8 Å². The minimum absolute atomic E-state index is 0.395. The van der Waals surface area contributed by atoms with E-state index in [1.54, 1.807) is 17.5 Å². The van der Waals surface area contributed by atoms with Gasteiger partial charge in [0.1, 0.15) is 11.9 Å². The summed E-state index contributed by atoms with van der Waals surface area (Å²) in [5, 5.41) is 10.4. The lowest BCUT2D eigenvalue weighted by atomic mass is 10.0. The van der Waals surface area contributed by atoms with Gasteiger partial charge in [-0.1, -0.05) is 0 Å². The van der Waals surface area contributed by atoms with Crippen LogP contribution in [-0.4, -0.2) is 10.1 Å². The first-order chi connectivity index (χ1) is 7.99. The number of nitrogens with zero attached hydrogens (tertiary/aromatic N) is 1. The number of hydrogen-bond acceptors (Lipinski definition) is 4. The van der Waals surface area contributed by atoms with Crippen molar-refractivity contribution in [3.8, 4) is 0 Å². The Morgan fingerprint density at radius 1 is 1.24 bits per heavy atom. The van der Waals surface area contributed by atoms with E-state index in [1.165, 1.54) is 4.88 Å². The zero-order chi connectivity index (χ0) is 12.6. The van der Waals surface area contributed by atoms with Gasteiger partial charge in [-0.3, -0.25) is 0 Å². The van der Waals surface area contributed by atoms with Crippen LogP contribution in [0.3, 0.4) is 0 Å². The van der Waals surface area contributed by atoms with Crippen molar-refractivity contribution >= 4 is 17.2 Å². The third-order valence-electron chi connectivity index (χ3n) is 2.75. The molecule has 2 aromatic rings. The summed E-state index contributed by atoms with van der Waals surface area (Å²) in [6.07, 6.45) is 1.02. The van der Waals surface area contributed by atoms with Crippen molar-refractivity contribution in [1.29, 1.82) is 0 Å². The highest BCUT2D eigenvalue weighted by Gasteiger charge is 2.18. The van der Waals surface area contributed by atoms with Gasteiger partial charge < -0.3 is 10.8 Å². The van der Waals surface area contributed by atoms with E-state index in [-0.39, 0.29) is 0 Å². The number of nitrogens with two attached hydrogens (primary N) is 1. The van der Waals surface area contributed by atoms with E-state index in [1.807, 2.05) is 32.9 Å². The van der Waals surface area contributed by atoms with E-state index in [0.717, 1.165) is 16.0 Å². The van der Waals surface area contributed by atoms with Gasteiger partial charge in [-0.15, -0.1) is 11.3 Å². The van der Waals surface area contributed by atoms with Crippen molar-refractivity contribution < 1.29 is 5.11 Å². The number of anilines is 1. The fourth-order valence-electron chi connectivity index (χ4n) is 1.91. The van der Waals surface area contributed by atoms with Crippen LogP contribution in [0.5, 0.6) is 0 Å². The highest BCUT2D eigenvalue weighted by Crippen LogP contribution is 2.32. The number of hydrogen-bond donors (Lipinski definition) is 2. The van der Waals surface area contributed by atoms with E-state index in [4.69, 9.17) is 5.73 Å². The summed E-state index contributed by atoms with van der Waals surface area (Å²) >= 11 is 1.68. The SMILES string of the molecule is Cc1cnc(N)c(C(O)c2cc(C)sc2C)c1. The van der Waals surface area contributed by atoms with Gasteiger partial charge in [0, 0.05) is 21.5 Å². The fourth-order valence-corrected chi connectivity index (χ4v) is 2.87. The maximum atomic E-state index is 10.4. The van der Waals surface area contributed by atoms with Crippen molar-refractivity contribution in [1.82, 2.24) is 4.98 Å². The lowest BCUT2D eigenvalue weighted by molar-refractivity contribution is 0.220. The van der Waals surface area contributed by atoms with Crippen molar-refractivity contribution in [2.75, 3.05) is 5.73 Å². The van der Waals surface area contributed by atoms with Crippen LogP contribution in [0.1, 0.15) is 32.5 Å². The van der Waals surface area contributed by atoms with Gasteiger partial charge in [-0.2, -0.15) is 0 Å². The summed E-state index contributed by atoms with van der Waals surface area (Å²) in [5.74, 6) is 0.395. The zero-order valence-corrected chi connectivity index (χ0v) is 11.0. The van der Waals surface area contributed by atoms with Crippen LogP contribution in [0.15, 0.2) is 18.3 Å². The molecule has 0 aliphatic heterocycles.